The Hall–Kier alpha value is -1.71. The van der Waals surface area contributed by atoms with Crippen LogP contribution >= 0.6 is 34.4 Å². The van der Waals surface area contributed by atoms with E-state index in [2.05, 4.69) is 15.5 Å². The second kappa shape index (κ2) is 8.66. The minimum atomic E-state index is -0.299. The van der Waals surface area contributed by atoms with Gasteiger partial charge in [0.1, 0.15) is 0 Å². The number of aromatic nitrogens is 2. The smallest absolute Gasteiger partial charge is 0.316 e. The lowest BCUT2D eigenvalue weighted by Gasteiger charge is -1.98. The molecule has 0 aliphatic heterocycles. The maximum atomic E-state index is 11.7. The van der Waals surface area contributed by atoms with Crippen LogP contribution in [0.3, 0.4) is 0 Å². The van der Waals surface area contributed by atoms with Gasteiger partial charge in [0, 0.05) is 6.08 Å². The molecule has 2 rings (SSSR count). The molecule has 2 aromatic heterocycles. The summed E-state index contributed by atoms with van der Waals surface area (Å²) in [7, 11) is 0. The van der Waals surface area contributed by atoms with Crippen molar-refractivity contribution in [2.45, 2.75) is 11.3 Å². The first-order valence-corrected chi connectivity index (χ1v) is 9.05. The largest absolute Gasteiger partial charge is 0.465 e. The molecule has 0 fully saturated rings. The molecule has 1 amide bonds. The van der Waals surface area contributed by atoms with Crippen LogP contribution in [0.15, 0.2) is 27.2 Å². The number of thiophene rings is 1. The third kappa shape index (κ3) is 5.58. The van der Waals surface area contributed by atoms with Gasteiger partial charge in [-0.15, -0.1) is 10.2 Å². The van der Waals surface area contributed by atoms with Crippen LogP contribution in [0, 0.1) is 0 Å². The second-order valence-electron chi connectivity index (χ2n) is 3.85. The van der Waals surface area contributed by atoms with E-state index in [-0.39, 0.29) is 17.6 Å². The molecule has 0 radical (unpaired) electrons. The van der Waals surface area contributed by atoms with Gasteiger partial charge in [0.2, 0.25) is 11.0 Å². The van der Waals surface area contributed by atoms with Gasteiger partial charge in [-0.05, 0) is 35.4 Å². The van der Waals surface area contributed by atoms with Crippen molar-refractivity contribution in [3.63, 3.8) is 0 Å². The zero-order valence-electron chi connectivity index (χ0n) is 11.6. The first kappa shape index (κ1) is 16.7. The summed E-state index contributed by atoms with van der Waals surface area (Å²) in [5.41, 5.74) is 0.975. The Balaban J connectivity index is 1.81. The molecule has 0 spiro atoms. The van der Waals surface area contributed by atoms with E-state index in [0.29, 0.717) is 16.1 Å². The minimum absolute atomic E-state index is 0.175. The van der Waals surface area contributed by atoms with Gasteiger partial charge in [0.25, 0.3) is 0 Å². The zero-order valence-corrected chi connectivity index (χ0v) is 14.1. The lowest BCUT2D eigenvalue weighted by Crippen LogP contribution is -2.07. The summed E-state index contributed by atoms with van der Waals surface area (Å²) in [6.45, 7) is 2.11. The maximum Gasteiger partial charge on any atom is 0.316 e. The molecule has 9 heteroatoms. The number of carbonyl (C=O) groups excluding carboxylic acids is 2. The standard InChI is InChI=1S/C13H13N3O3S3/c1-2-19-11(18)8-21-13-16-15-12(22-13)14-10(17)4-3-9-5-6-20-7-9/h3-7H,2,8H2,1H3,(H,14,15,17)/b4-3+. The van der Waals surface area contributed by atoms with Crippen LogP contribution in [-0.2, 0) is 14.3 Å². The molecule has 22 heavy (non-hydrogen) atoms. The molecule has 0 aromatic carbocycles. The summed E-state index contributed by atoms with van der Waals surface area (Å²) >= 11 is 4.01. The van der Waals surface area contributed by atoms with Crippen molar-refractivity contribution in [1.29, 1.82) is 0 Å². The summed E-state index contributed by atoms with van der Waals surface area (Å²) in [5, 5.41) is 14.7. The Bertz CT molecular complexity index is 653. The molecule has 0 saturated heterocycles. The fraction of sp³-hybridized carbons (Fsp3) is 0.231. The highest BCUT2D eigenvalue weighted by Gasteiger charge is 2.09. The van der Waals surface area contributed by atoms with Gasteiger partial charge >= 0.3 is 5.97 Å². The van der Waals surface area contributed by atoms with Gasteiger partial charge in [-0.25, -0.2) is 0 Å². The molecule has 2 heterocycles. The zero-order chi connectivity index (χ0) is 15.8. The minimum Gasteiger partial charge on any atom is -0.465 e. The maximum absolute atomic E-state index is 11.7. The van der Waals surface area contributed by atoms with E-state index in [1.54, 1.807) is 24.3 Å². The van der Waals surface area contributed by atoms with Crippen molar-refractivity contribution in [2.75, 3.05) is 17.7 Å². The van der Waals surface area contributed by atoms with Gasteiger partial charge in [-0.1, -0.05) is 23.1 Å². The van der Waals surface area contributed by atoms with Crippen LogP contribution in [0.1, 0.15) is 12.5 Å². The highest BCUT2D eigenvalue weighted by Crippen LogP contribution is 2.25. The summed E-state index contributed by atoms with van der Waals surface area (Å²) in [4.78, 5) is 23.0. The molecule has 0 bridgehead atoms. The number of nitrogens with one attached hydrogen (secondary N) is 1. The molecule has 6 nitrogen and oxygen atoms in total. The number of anilines is 1. The Morgan fingerprint density at radius 3 is 3.05 bits per heavy atom. The summed E-state index contributed by atoms with van der Waals surface area (Å²) in [6.07, 6.45) is 3.16. The molecule has 0 aliphatic carbocycles. The predicted molar refractivity (Wildman–Crippen MR) is 89.2 cm³/mol. The summed E-state index contributed by atoms with van der Waals surface area (Å²) in [5.74, 6) is -0.398. The van der Waals surface area contributed by atoms with Crippen LogP contribution in [-0.4, -0.2) is 34.4 Å². The quantitative estimate of drug-likeness (QED) is 0.356. The van der Waals surface area contributed by atoms with E-state index in [4.69, 9.17) is 4.74 Å². The number of rotatable bonds is 7. The normalized spacial score (nSPS) is 10.8. The van der Waals surface area contributed by atoms with Crippen LogP contribution in [0.2, 0.25) is 0 Å². The molecule has 116 valence electrons. The Kier molecular flexibility index (Phi) is 6.56. The van der Waals surface area contributed by atoms with Crippen molar-refractivity contribution in [1.82, 2.24) is 10.2 Å². The van der Waals surface area contributed by atoms with Crippen molar-refractivity contribution >= 4 is 57.5 Å². The predicted octanol–water partition coefficient (Wildman–Crippen LogP) is 2.91. The van der Waals surface area contributed by atoms with Crippen molar-refractivity contribution in [2.24, 2.45) is 0 Å². The topological polar surface area (TPSA) is 81.2 Å². The van der Waals surface area contributed by atoms with Gasteiger partial charge in [0.15, 0.2) is 4.34 Å². The van der Waals surface area contributed by atoms with Crippen LogP contribution in [0.4, 0.5) is 5.13 Å². The molecule has 0 unspecified atom stereocenters. The number of amides is 1. The highest BCUT2D eigenvalue weighted by atomic mass is 32.2. The van der Waals surface area contributed by atoms with Gasteiger partial charge < -0.3 is 4.74 Å². The Morgan fingerprint density at radius 2 is 2.32 bits per heavy atom. The van der Waals surface area contributed by atoms with Crippen molar-refractivity contribution < 1.29 is 14.3 Å². The lowest BCUT2D eigenvalue weighted by molar-refractivity contribution is -0.139. The average molecular weight is 355 g/mol. The molecular weight excluding hydrogens is 342 g/mol. The number of ether oxygens (including phenoxy) is 1. The number of hydrogen-bond donors (Lipinski definition) is 1. The SMILES string of the molecule is CCOC(=O)CSc1nnc(NC(=O)/C=C/c2ccsc2)s1. The van der Waals surface area contributed by atoms with E-state index in [9.17, 15) is 9.59 Å². The number of carbonyl (C=O) groups is 2. The number of esters is 1. The van der Waals surface area contributed by atoms with E-state index in [1.807, 2.05) is 16.8 Å². The van der Waals surface area contributed by atoms with Crippen LogP contribution in [0.25, 0.3) is 6.08 Å². The number of nitrogens with zero attached hydrogens (tertiary/aromatic N) is 2. The molecule has 2 aromatic rings. The number of thioether (sulfide) groups is 1. The van der Waals surface area contributed by atoms with Gasteiger partial charge in [-0.3, -0.25) is 14.9 Å². The van der Waals surface area contributed by atoms with Crippen LogP contribution < -0.4 is 5.32 Å². The highest BCUT2D eigenvalue weighted by molar-refractivity contribution is 8.01. The Labute approximate surface area is 139 Å². The molecular formula is C13H13N3O3S3. The molecule has 0 aliphatic rings. The van der Waals surface area contributed by atoms with Crippen LogP contribution in [0.5, 0.6) is 0 Å². The monoisotopic (exact) mass is 355 g/mol. The third-order valence-corrected chi connectivity index (χ3v) is 4.87. The Morgan fingerprint density at radius 1 is 1.45 bits per heavy atom. The first-order chi connectivity index (χ1) is 10.7. The van der Waals surface area contributed by atoms with Gasteiger partial charge in [-0.2, -0.15) is 11.3 Å². The summed E-state index contributed by atoms with van der Waals surface area (Å²) < 4.78 is 5.42. The molecule has 0 atom stereocenters. The van der Waals surface area contributed by atoms with E-state index < -0.39 is 0 Å². The molecule has 1 N–H and O–H groups in total. The first-order valence-electron chi connectivity index (χ1n) is 6.30. The fourth-order valence-corrected chi connectivity index (χ4v) is 3.51. The van der Waals surface area contributed by atoms with Gasteiger partial charge in [0.05, 0.1) is 12.4 Å². The third-order valence-electron chi connectivity index (χ3n) is 2.23. The van der Waals surface area contributed by atoms with Crippen molar-refractivity contribution in [3.05, 3.63) is 28.5 Å². The fourth-order valence-electron chi connectivity index (χ4n) is 1.33. The number of hydrogen-bond acceptors (Lipinski definition) is 8. The van der Waals surface area contributed by atoms with E-state index >= 15 is 0 Å². The lowest BCUT2D eigenvalue weighted by atomic mass is 10.3. The molecule has 0 saturated carbocycles. The average Bonchev–Trinajstić information content (AvgIpc) is 3.15. The summed E-state index contributed by atoms with van der Waals surface area (Å²) in [6, 6.07) is 1.92. The van der Waals surface area contributed by atoms with E-state index in [1.165, 1.54) is 29.2 Å². The second-order valence-corrected chi connectivity index (χ2v) is 6.83. The van der Waals surface area contributed by atoms with E-state index in [0.717, 1.165) is 5.56 Å². The van der Waals surface area contributed by atoms with Crippen molar-refractivity contribution in [3.8, 4) is 0 Å².